The Hall–Kier alpha value is -3.08. The fourth-order valence-corrected chi connectivity index (χ4v) is 1.80. The molecule has 0 heterocycles. The van der Waals surface area contributed by atoms with Crippen molar-refractivity contribution >= 4 is 23.6 Å². The van der Waals surface area contributed by atoms with Gasteiger partial charge >= 0.3 is 5.97 Å². The second-order valence-electron chi connectivity index (χ2n) is 4.48. The van der Waals surface area contributed by atoms with E-state index in [1.165, 1.54) is 18.2 Å². The van der Waals surface area contributed by atoms with Gasteiger partial charge in [-0.1, -0.05) is 18.2 Å². The Morgan fingerprint density at radius 1 is 1.14 bits per heavy atom. The molecular weight excluding hydrogens is 282 g/mol. The second-order valence-corrected chi connectivity index (χ2v) is 4.48. The molecule has 0 atom stereocenters. The third kappa shape index (κ3) is 4.21. The lowest BCUT2D eigenvalue weighted by atomic mass is 10.2. The summed E-state index contributed by atoms with van der Waals surface area (Å²) in [5.41, 5.74) is 1.41. The summed E-state index contributed by atoms with van der Waals surface area (Å²) in [7, 11) is 1.59. The van der Waals surface area contributed by atoms with Crippen molar-refractivity contribution in [2.24, 2.45) is 0 Å². The SMILES string of the molecule is COc1ccc(C=CC(=O)Nc2cccc(C(=O)O)c2)cc1. The minimum Gasteiger partial charge on any atom is -0.497 e. The molecule has 0 bridgehead atoms. The number of ether oxygens (including phenoxy) is 1. The molecule has 0 saturated heterocycles. The molecule has 0 aliphatic heterocycles. The van der Waals surface area contributed by atoms with Gasteiger partial charge in [-0.15, -0.1) is 0 Å². The number of rotatable bonds is 5. The number of nitrogens with one attached hydrogen (secondary N) is 1. The van der Waals surface area contributed by atoms with Crippen LogP contribution in [0.2, 0.25) is 0 Å². The van der Waals surface area contributed by atoms with Crippen molar-refractivity contribution in [3.8, 4) is 5.75 Å². The number of anilines is 1. The summed E-state index contributed by atoms with van der Waals surface area (Å²) in [5.74, 6) is -0.629. The first kappa shape index (κ1) is 15.3. The number of methoxy groups -OCH3 is 1. The van der Waals surface area contributed by atoms with Crippen LogP contribution >= 0.6 is 0 Å². The van der Waals surface area contributed by atoms with Crippen LogP contribution in [0.5, 0.6) is 5.75 Å². The molecule has 0 aliphatic rings. The van der Waals surface area contributed by atoms with Crippen molar-refractivity contribution in [3.05, 3.63) is 65.7 Å². The normalized spacial score (nSPS) is 10.4. The standard InChI is InChI=1S/C17H15NO4/c1-22-15-8-5-12(6-9-15)7-10-16(19)18-14-4-2-3-13(11-14)17(20)21/h2-11H,1H3,(H,18,19)(H,20,21). The molecule has 2 rings (SSSR count). The van der Waals surface area contributed by atoms with E-state index in [1.807, 2.05) is 12.1 Å². The maximum Gasteiger partial charge on any atom is 0.335 e. The van der Waals surface area contributed by atoms with E-state index in [1.54, 1.807) is 37.5 Å². The summed E-state index contributed by atoms with van der Waals surface area (Å²) in [6.45, 7) is 0. The van der Waals surface area contributed by atoms with Gasteiger partial charge in [0.2, 0.25) is 5.91 Å². The maximum absolute atomic E-state index is 11.8. The fraction of sp³-hybridized carbons (Fsp3) is 0.0588. The highest BCUT2D eigenvalue weighted by atomic mass is 16.5. The van der Waals surface area contributed by atoms with Gasteiger partial charge in [-0.05, 0) is 42.0 Å². The Balaban J connectivity index is 2.01. The number of carbonyl (C=O) groups excluding carboxylic acids is 1. The van der Waals surface area contributed by atoms with Gasteiger partial charge in [0.25, 0.3) is 0 Å². The zero-order chi connectivity index (χ0) is 15.9. The Morgan fingerprint density at radius 2 is 1.86 bits per heavy atom. The molecule has 2 aromatic rings. The van der Waals surface area contributed by atoms with Gasteiger partial charge in [0, 0.05) is 11.8 Å². The third-order valence-corrected chi connectivity index (χ3v) is 2.92. The van der Waals surface area contributed by atoms with E-state index in [2.05, 4.69) is 5.32 Å². The summed E-state index contributed by atoms with van der Waals surface area (Å²) in [6, 6.07) is 13.3. The Bertz CT molecular complexity index is 705. The lowest BCUT2D eigenvalue weighted by molar-refractivity contribution is -0.111. The van der Waals surface area contributed by atoms with Gasteiger partial charge in [-0.2, -0.15) is 0 Å². The van der Waals surface area contributed by atoms with Crippen LogP contribution in [-0.4, -0.2) is 24.1 Å². The molecule has 22 heavy (non-hydrogen) atoms. The van der Waals surface area contributed by atoms with Crippen molar-refractivity contribution in [1.29, 1.82) is 0 Å². The second kappa shape index (κ2) is 7.08. The zero-order valence-corrected chi connectivity index (χ0v) is 11.9. The summed E-state index contributed by atoms with van der Waals surface area (Å²) in [6.07, 6.45) is 3.05. The summed E-state index contributed by atoms with van der Waals surface area (Å²) in [4.78, 5) is 22.7. The van der Waals surface area contributed by atoms with Crippen molar-refractivity contribution in [3.63, 3.8) is 0 Å². The average Bonchev–Trinajstić information content (AvgIpc) is 2.53. The molecule has 0 radical (unpaired) electrons. The molecule has 0 saturated carbocycles. The van der Waals surface area contributed by atoms with Crippen LogP contribution < -0.4 is 10.1 Å². The van der Waals surface area contributed by atoms with Crippen LogP contribution in [0.15, 0.2) is 54.6 Å². The average molecular weight is 297 g/mol. The van der Waals surface area contributed by atoms with Gasteiger partial charge in [0.05, 0.1) is 12.7 Å². The maximum atomic E-state index is 11.8. The van der Waals surface area contributed by atoms with Crippen LogP contribution in [0.1, 0.15) is 15.9 Å². The summed E-state index contributed by atoms with van der Waals surface area (Å²) < 4.78 is 5.05. The Labute approximate surface area is 127 Å². The summed E-state index contributed by atoms with van der Waals surface area (Å²) in [5, 5.41) is 11.5. The molecule has 2 aromatic carbocycles. The van der Waals surface area contributed by atoms with Crippen molar-refractivity contribution in [2.75, 3.05) is 12.4 Å². The van der Waals surface area contributed by atoms with Crippen molar-refractivity contribution in [2.45, 2.75) is 0 Å². The molecule has 5 nitrogen and oxygen atoms in total. The van der Waals surface area contributed by atoms with E-state index < -0.39 is 5.97 Å². The van der Waals surface area contributed by atoms with Crippen LogP contribution in [0, 0.1) is 0 Å². The molecule has 112 valence electrons. The number of carboxylic acids is 1. The first-order valence-electron chi connectivity index (χ1n) is 6.55. The van der Waals surface area contributed by atoms with Crippen LogP contribution in [0.4, 0.5) is 5.69 Å². The lowest BCUT2D eigenvalue weighted by Crippen LogP contribution is -2.08. The number of benzene rings is 2. The lowest BCUT2D eigenvalue weighted by Gasteiger charge is -2.03. The van der Waals surface area contributed by atoms with E-state index in [-0.39, 0.29) is 11.5 Å². The predicted molar refractivity (Wildman–Crippen MR) is 84.1 cm³/mol. The molecule has 0 aromatic heterocycles. The number of hydrogen-bond acceptors (Lipinski definition) is 3. The molecule has 0 fully saturated rings. The zero-order valence-electron chi connectivity index (χ0n) is 11.9. The van der Waals surface area contributed by atoms with E-state index in [0.717, 1.165) is 11.3 Å². The van der Waals surface area contributed by atoms with Gasteiger partial charge in [0.1, 0.15) is 5.75 Å². The van der Waals surface area contributed by atoms with Gasteiger partial charge in [-0.25, -0.2) is 4.79 Å². The largest absolute Gasteiger partial charge is 0.497 e. The number of amides is 1. The highest BCUT2D eigenvalue weighted by Gasteiger charge is 2.04. The fourth-order valence-electron chi connectivity index (χ4n) is 1.80. The highest BCUT2D eigenvalue weighted by Crippen LogP contribution is 2.13. The Morgan fingerprint density at radius 3 is 2.50 bits per heavy atom. The topological polar surface area (TPSA) is 75.6 Å². The Kier molecular flexibility index (Phi) is 4.93. The molecule has 2 N–H and O–H groups in total. The third-order valence-electron chi connectivity index (χ3n) is 2.92. The molecular formula is C17H15NO4. The molecule has 0 aliphatic carbocycles. The first-order valence-corrected chi connectivity index (χ1v) is 6.55. The first-order chi connectivity index (χ1) is 10.6. The number of hydrogen-bond donors (Lipinski definition) is 2. The number of aromatic carboxylic acids is 1. The van der Waals surface area contributed by atoms with E-state index >= 15 is 0 Å². The van der Waals surface area contributed by atoms with E-state index in [4.69, 9.17) is 9.84 Å². The minimum atomic E-state index is -1.04. The monoisotopic (exact) mass is 297 g/mol. The van der Waals surface area contributed by atoms with Gasteiger partial charge in [-0.3, -0.25) is 4.79 Å². The van der Waals surface area contributed by atoms with E-state index in [9.17, 15) is 9.59 Å². The smallest absolute Gasteiger partial charge is 0.335 e. The number of carbonyl (C=O) groups is 2. The van der Waals surface area contributed by atoms with Crippen molar-refractivity contribution in [1.82, 2.24) is 0 Å². The molecule has 5 heteroatoms. The van der Waals surface area contributed by atoms with Crippen LogP contribution in [-0.2, 0) is 4.79 Å². The molecule has 0 spiro atoms. The van der Waals surface area contributed by atoms with Crippen molar-refractivity contribution < 1.29 is 19.4 Å². The minimum absolute atomic E-state index is 0.122. The quantitative estimate of drug-likeness (QED) is 0.832. The van der Waals surface area contributed by atoms with Gasteiger partial charge < -0.3 is 15.2 Å². The number of carboxylic acid groups (broad SMARTS) is 1. The van der Waals surface area contributed by atoms with Gasteiger partial charge in [0.15, 0.2) is 0 Å². The van der Waals surface area contributed by atoms with E-state index in [0.29, 0.717) is 5.69 Å². The summed E-state index contributed by atoms with van der Waals surface area (Å²) >= 11 is 0. The predicted octanol–water partition coefficient (Wildman–Crippen LogP) is 3.05. The van der Waals surface area contributed by atoms with Crippen LogP contribution in [0.25, 0.3) is 6.08 Å². The molecule has 0 unspecified atom stereocenters. The highest BCUT2D eigenvalue weighted by molar-refractivity contribution is 6.02. The van der Waals surface area contributed by atoms with Crippen LogP contribution in [0.3, 0.4) is 0 Å². The molecule has 1 amide bonds.